The van der Waals surface area contributed by atoms with Crippen LogP contribution in [0, 0.1) is 0 Å². The Balaban J connectivity index is 1.28. The minimum absolute atomic E-state index is 0.0552. The first-order chi connectivity index (χ1) is 15.5. The van der Waals surface area contributed by atoms with Crippen molar-refractivity contribution in [1.82, 2.24) is 20.2 Å². The van der Waals surface area contributed by atoms with Crippen molar-refractivity contribution >= 4 is 5.91 Å². The van der Waals surface area contributed by atoms with E-state index in [-0.39, 0.29) is 24.7 Å². The Morgan fingerprint density at radius 3 is 2.53 bits per heavy atom. The molecule has 0 saturated carbocycles. The van der Waals surface area contributed by atoms with E-state index >= 15 is 0 Å². The Morgan fingerprint density at radius 2 is 1.84 bits per heavy atom. The van der Waals surface area contributed by atoms with Gasteiger partial charge in [-0.3, -0.25) is 19.7 Å². The molecule has 4 rings (SSSR count). The summed E-state index contributed by atoms with van der Waals surface area (Å²) in [6, 6.07) is 18.4. The molecule has 1 amide bonds. The number of likely N-dealkylation sites (tertiary alicyclic amines) is 1. The van der Waals surface area contributed by atoms with Crippen LogP contribution in [-0.4, -0.2) is 62.3 Å². The summed E-state index contributed by atoms with van der Waals surface area (Å²) < 4.78 is 5.76. The highest BCUT2D eigenvalue weighted by atomic mass is 16.5. The Labute approximate surface area is 186 Å². The van der Waals surface area contributed by atoms with Crippen molar-refractivity contribution in [2.75, 3.05) is 19.6 Å². The number of ether oxygens (including phenoxy) is 1. The van der Waals surface area contributed by atoms with Gasteiger partial charge in [-0.05, 0) is 42.0 Å². The molecule has 0 spiro atoms. The van der Waals surface area contributed by atoms with Crippen LogP contribution in [0.1, 0.15) is 21.7 Å². The van der Waals surface area contributed by atoms with E-state index in [1.807, 2.05) is 47.4 Å². The lowest BCUT2D eigenvalue weighted by molar-refractivity contribution is -0.0377. The number of β-amino-alcohol motifs (C(OH)–C–C–N with tert-alkyl or cyclic N) is 2. The van der Waals surface area contributed by atoms with Crippen molar-refractivity contribution in [3.63, 3.8) is 0 Å². The minimum Gasteiger partial charge on any atom is -0.487 e. The average molecular weight is 434 g/mol. The number of nitrogens with one attached hydrogen (secondary N) is 1. The second-order valence-electron chi connectivity index (χ2n) is 7.94. The third kappa shape index (κ3) is 5.47. The fourth-order valence-corrected chi connectivity index (χ4v) is 3.68. The van der Waals surface area contributed by atoms with Crippen LogP contribution in [-0.2, 0) is 13.2 Å². The van der Waals surface area contributed by atoms with Gasteiger partial charge in [0.25, 0.3) is 5.91 Å². The molecule has 3 aromatic rings. The Morgan fingerprint density at radius 1 is 1.09 bits per heavy atom. The fraction of sp³-hybridized carbons (Fsp3) is 0.292. The van der Waals surface area contributed by atoms with E-state index in [0.29, 0.717) is 19.7 Å². The van der Waals surface area contributed by atoms with E-state index in [4.69, 9.17) is 4.74 Å². The molecule has 1 saturated heterocycles. The SMILES string of the molecule is O=C(NC[C@]1(O)CN(Cc2ccc(OCc3ccccn3)cc2)C[C@H]1O)c1ccccn1. The Bertz CT molecular complexity index is 1020. The second-order valence-corrected chi connectivity index (χ2v) is 7.94. The molecule has 166 valence electrons. The molecule has 0 aliphatic carbocycles. The van der Waals surface area contributed by atoms with Gasteiger partial charge in [0.15, 0.2) is 0 Å². The molecule has 2 aromatic heterocycles. The zero-order valence-corrected chi connectivity index (χ0v) is 17.6. The van der Waals surface area contributed by atoms with E-state index < -0.39 is 11.7 Å². The van der Waals surface area contributed by atoms with Gasteiger partial charge < -0.3 is 20.3 Å². The van der Waals surface area contributed by atoms with Gasteiger partial charge in [-0.1, -0.05) is 24.3 Å². The molecule has 0 radical (unpaired) electrons. The highest BCUT2D eigenvalue weighted by molar-refractivity contribution is 5.92. The molecular weight excluding hydrogens is 408 g/mol. The summed E-state index contributed by atoms with van der Waals surface area (Å²) in [5.74, 6) is 0.362. The minimum atomic E-state index is -1.42. The summed E-state index contributed by atoms with van der Waals surface area (Å²) >= 11 is 0. The Hall–Kier alpha value is -3.33. The number of aliphatic hydroxyl groups is 2. The normalized spacial score (nSPS) is 20.8. The number of rotatable bonds is 8. The lowest BCUT2D eigenvalue weighted by atomic mass is 10.0. The van der Waals surface area contributed by atoms with Crippen LogP contribution in [0.2, 0.25) is 0 Å². The zero-order valence-electron chi connectivity index (χ0n) is 17.6. The number of carbonyl (C=O) groups excluding carboxylic acids is 1. The maximum atomic E-state index is 12.2. The molecule has 0 unspecified atom stereocenters. The van der Waals surface area contributed by atoms with Crippen LogP contribution in [0.5, 0.6) is 5.75 Å². The smallest absolute Gasteiger partial charge is 0.269 e. The summed E-state index contributed by atoms with van der Waals surface area (Å²) in [5, 5.41) is 24.0. The van der Waals surface area contributed by atoms with Crippen molar-refractivity contribution in [1.29, 1.82) is 0 Å². The highest BCUT2D eigenvalue weighted by Gasteiger charge is 2.44. The van der Waals surface area contributed by atoms with Gasteiger partial charge in [0.05, 0.1) is 18.3 Å². The molecule has 2 atom stereocenters. The van der Waals surface area contributed by atoms with E-state index in [1.54, 1.807) is 24.4 Å². The van der Waals surface area contributed by atoms with Crippen LogP contribution < -0.4 is 10.1 Å². The van der Waals surface area contributed by atoms with E-state index in [0.717, 1.165) is 17.0 Å². The molecule has 32 heavy (non-hydrogen) atoms. The molecule has 1 aliphatic rings. The van der Waals surface area contributed by atoms with Gasteiger partial charge in [0.2, 0.25) is 0 Å². The van der Waals surface area contributed by atoms with Gasteiger partial charge in [-0.25, -0.2) is 0 Å². The highest BCUT2D eigenvalue weighted by Crippen LogP contribution is 2.24. The van der Waals surface area contributed by atoms with Crippen LogP contribution in [0.25, 0.3) is 0 Å². The maximum Gasteiger partial charge on any atom is 0.269 e. The molecule has 1 aromatic carbocycles. The van der Waals surface area contributed by atoms with Gasteiger partial charge in [0.1, 0.15) is 23.7 Å². The van der Waals surface area contributed by atoms with Crippen molar-refractivity contribution in [3.8, 4) is 5.75 Å². The van der Waals surface area contributed by atoms with E-state index in [1.165, 1.54) is 6.20 Å². The first-order valence-electron chi connectivity index (χ1n) is 10.5. The van der Waals surface area contributed by atoms with Crippen molar-refractivity contribution in [2.45, 2.75) is 24.9 Å². The molecule has 8 nitrogen and oxygen atoms in total. The number of pyridine rings is 2. The first kappa shape index (κ1) is 21.9. The number of aliphatic hydroxyl groups excluding tert-OH is 1. The molecular formula is C24H26N4O4. The third-order valence-electron chi connectivity index (χ3n) is 5.44. The third-order valence-corrected chi connectivity index (χ3v) is 5.44. The summed E-state index contributed by atoms with van der Waals surface area (Å²) in [4.78, 5) is 22.4. The van der Waals surface area contributed by atoms with Gasteiger partial charge in [-0.15, -0.1) is 0 Å². The predicted octanol–water partition coefficient (Wildman–Crippen LogP) is 1.39. The lowest BCUT2D eigenvalue weighted by Crippen LogP contribution is -2.51. The average Bonchev–Trinajstić information content (AvgIpc) is 3.11. The molecule has 1 aliphatic heterocycles. The van der Waals surface area contributed by atoms with Crippen LogP contribution in [0.4, 0.5) is 0 Å². The quantitative estimate of drug-likeness (QED) is 0.492. The van der Waals surface area contributed by atoms with Gasteiger partial charge >= 0.3 is 0 Å². The number of amides is 1. The molecule has 0 bridgehead atoms. The number of hydrogen-bond acceptors (Lipinski definition) is 7. The van der Waals surface area contributed by atoms with Gasteiger partial charge in [0, 0.05) is 32.0 Å². The predicted molar refractivity (Wildman–Crippen MR) is 118 cm³/mol. The standard InChI is InChI=1S/C24H26N4O4/c29-22-14-28(17-24(22,31)16-27-23(30)21-6-2-4-12-26-21)13-18-7-9-20(10-8-18)32-15-19-5-1-3-11-25-19/h1-12,22,29,31H,13-17H2,(H,27,30)/t22-,24+/m1/s1. The topological polar surface area (TPSA) is 108 Å². The molecule has 1 fully saturated rings. The summed E-state index contributed by atoms with van der Waals surface area (Å²) in [6.45, 7) is 1.46. The fourth-order valence-electron chi connectivity index (χ4n) is 3.68. The number of nitrogens with zero attached hydrogens (tertiary/aromatic N) is 3. The van der Waals surface area contributed by atoms with Crippen molar-refractivity contribution in [2.24, 2.45) is 0 Å². The summed E-state index contributed by atoms with van der Waals surface area (Å²) in [5.41, 5.74) is 0.739. The van der Waals surface area contributed by atoms with Crippen LogP contribution in [0.3, 0.4) is 0 Å². The number of benzene rings is 1. The zero-order chi connectivity index (χ0) is 22.4. The van der Waals surface area contributed by atoms with Crippen molar-refractivity contribution < 1.29 is 19.7 Å². The first-order valence-corrected chi connectivity index (χ1v) is 10.5. The summed E-state index contributed by atoms with van der Waals surface area (Å²) in [7, 11) is 0. The van der Waals surface area contributed by atoms with Crippen LogP contribution >= 0.6 is 0 Å². The number of aromatic nitrogens is 2. The lowest BCUT2D eigenvalue weighted by Gasteiger charge is -2.26. The van der Waals surface area contributed by atoms with E-state index in [2.05, 4.69) is 15.3 Å². The van der Waals surface area contributed by atoms with E-state index in [9.17, 15) is 15.0 Å². The monoisotopic (exact) mass is 434 g/mol. The van der Waals surface area contributed by atoms with Crippen LogP contribution in [0.15, 0.2) is 73.1 Å². The number of hydrogen-bond donors (Lipinski definition) is 3. The number of carbonyl (C=O) groups is 1. The molecule has 8 heteroatoms. The Kier molecular flexibility index (Phi) is 6.75. The molecule has 3 N–H and O–H groups in total. The molecule has 3 heterocycles. The largest absolute Gasteiger partial charge is 0.487 e. The second kappa shape index (κ2) is 9.86. The van der Waals surface area contributed by atoms with Crippen molar-refractivity contribution in [3.05, 3.63) is 90.0 Å². The summed E-state index contributed by atoms with van der Waals surface area (Å²) in [6.07, 6.45) is 2.30. The van der Waals surface area contributed by atoms with Gasteiger partial charge in [-0.2, -0.15) is 0 Å². The maximum absolute atomic E-state index is 12.2.